The quantitative estimate of drug-likeness (QED) is 0.787. The highest BCUT2D eigenvalue weighted by Gasteiger charge is 2.06. The van der Waals surface area contributed by atoms with Gasteiger partial charge in [-0.15, -0.1) is 11.3 Å². The molecule has 0 bridgehead atoms. The summed E-state index contributed by atoms with van der Waals surface area (Å²) >= 11 is 1.72. The van der Waals surface area contributed by atoms with Gasteiger partial charge in [0.05, 0.1) is 0 Å². The molecule has 20 heavy (non-hydrogen) atoms. The largest absolute Gasteiger partial charge is 0.486 e. The zero-order valence-electron chi connectivity index (χ0n) is 12.4. The first kappa shape index (κ1) is 15.0. The number of aromatic nitrogens is 1. The minimum atomic E-state index is 0.546. The van der Waals surface area contributed by atoms with Gasteiger partial charge in [0.25, 0.3) is 0 Å². The predicted octanol–water partition coefficient (Wildman–Crippen LogP) is 3.84. The first-order valence-corrected chi connectivity index (χ1v) is 7.85. The lowest BCUT2D eigenvalue weighted by Gasteiger charge is -2.10. The Morgan fingerprint density at radius 2 is 2.00 bits per heavy atom. The maximum atomic E-state index is 5.92. The second kappa shape index (κ2) is 7.41. The molecule has 0 amide bonds. The van der Waals surface area contributed by atoms with Crippen molar-refractivity contribution in [2.75, 3.05) is 6.54 Å². The fraction of sp³-hybridized carbons (Fsp3) is 0.438. The molecule has 0 fully saturated rings. The molecule has 4 heteroatoms. The average Bonchev–Trinajstić information content (AvgIpc) is 2.86. The second-order valence-corrected chi connectivity index (χ2v) is 6.11. The van der Waals surface area contributed by atoms with Gasteiger partial charge < -0.3 is 10.1 Å². The molecular formula is C16H22N2OS. The number of rotatable bonds is 7. The van der Waals surface area contributed by atoms with Crippen LogP contribution in [0.15, 0.2) is 24.4 Å². The van der Waals surface area contributed by atoms with Crippen LogP contribution in [0.1, 0.15) is 34.4 Å². The molecular weight excluding hydrogens is 268 g/mol. The van der Waals surface area contributed by atoms with Gasteiger partial charge in [-0.05, 0) is 37.9 Å². The summed E-state index contributed by atoms with van der Waals surface area (Å²) in [5, 5.41) is 4.41. The van der Waals surface area contributed by atoms with Gasteiger partial charge in [0.15, 0.2) is 0 Å². The van der Waals surface area contributed by atoms with Crippen LogP contribution >= 0.6 is 11.3 Å². The fourth-order valence-electron chi connectivity index (χ4n) is 2.05. The van der Waals surface area contributed by atoms with E-state index in [9.17, 15) is 0 Å². The molecule has 2 aromatic rings. The summed E-state index contributed by atoms with van der Waals surface area (Å²) in [6, 6.07) is 6.20. The van der Waals surface area contributed by atoms with E-state index in [1.807, 2.05) is 6.20 Å². The van der Waals surface area contributed by atoms with Crippen molar-refractivity contribution in [2.24, 2.45) is 0 Å². The maximum absolute atomic E-state index is 5.92. The van der Waals surface area contributed by atoms with Gasteiger partial charge in [-0.25, -0.2) is 4.98 Å². The number of hydrogen-bond donors (Lipinski definition) is 1. The molecule has 0 aliphatic rings. The third-order valence-corrected chi connectivity index (χ3v) is 4.05. The standard InChI is InChI=1S/C16H22N2OS/c1-4-8-17-9-14-10-18-15(20-14)11-19-16-12(2)6-5-7-13(16)3/h5-7,10,17H,4,8-9,11H2,1-3H3. The number of para-hydroxylation sites is 1. The Bertz CT molecular complexity index is 531. The van der Waals surface area contributed by atoms with Crippen LogP contribution < -0.4 is 10.1 Å². The van der Waals surface area contributed by atoms with Gasteiger partial charge >= 0.3 is 0 Å². The van der Waals surface area contributed by atoms with Gasteiger partial charge in [0.2, 0.25) is 0 Å². The Kier molecular flexibility index (Phi) is 5.56. The molecule has 0 saturated carbocycles. The van der Waals surface area contributed by atoms with Gasteiger partial charge in [0, 0.05) is 17.6 Å². The van der Waals surface area contributed by atoms with Crippen molar-refractivity contribution in [3.63, 3.8) is 0 Å². The van der Waals surface area contributed by atoms with Crippen molar-refractivity contribution in [1.82, 2.24) is 10.3 Å². The number of hydrogen-bond acceptors (Lipinski definition) is 4. The molecule has 2 rings (SSSR count). The van der Waals surface area contributed by atoms with E-state index in [1.54, 1.807) is 11.3 Å². The molecule has 0 radical (unpaired) electrons. The van der Waals surface area contributed by atoms with E-state index >= 15 is 0 Å². The van der Waals surface area contributed by atoms with E-state index in [4.69, 9.17) is 4.74 Å². The first-order valence-electron chi connectivity index (χ1n) is 7.04. The highest BCUT2D eigenvalue weighted by Crippen LogP contribution is 2.24. The summed E-state index contributed by atoms with van der Waals surface area (Å²) in [4.78, 5) is 5.69. The number of ether oxygens (including phenoxy) is 1. The molecule has 0 atom stereocenters. The fourth-order valence-corrected chi connectivity index (χ4v) is 2.85. The minimum absolute atomic E-state index is 0.546. The number of nitrogens with zero attached hydrogens (tertiary/aromatic N) is 1. The van der Waals surface area contributed by atoms with Crippen molar-refractivity contribution in [3.05, 3.63) is 45.4 Å². The Labute approximate surface area is 125 Å². The van der Waals surface area contributed by atoms with Crippen molar-refractivity contribution >= 4 is 11.3 Å². The van der Waals surface area contributed by atoms with Crippen LogP contribution in [0.25, 0.3) is 0 Å². The second-order valence-electron chi connectivity index (χ2n) is 4.91. The molecule has 0 aliphatic carbocycles. The van der Waals surface area contributed by atoms with Gasteiger partial charge in [-0.1, -0.05) is 25.1 Å². The van der Waals surface area contributed by atoms with Crippen LogP contribution in [0.2, 0.25) is 0 Å². The van der Waals surface area contributed by atoms with Crippen LogP contribution in [0.3, 0.4) is 0 Å². The lowest BCUT2D eigenvalue weighted by Crippen LogP contribution is -2.12. The molecule has 1 N–H and O–H groups in total. The Hall–Kier alpha value is -1.39. The van der Waals surface area contributed by atoms with E-state index in [0.29, 0.717) is 6.61 Å². The lowest BCUT2D eigenvalue weighted by atomic mass is 10.1. The van der Waals surface area contributed by atoms with Crippen LogP contribution in [0.4, 0.5) is 0 Å². The maximum Gasteiger partial charge on any atom is 0.140 e. The Balaban J connectivity index is 1.91. The third-order valence-electron chi connectivity index (χ3n) is 3.08. The molecule has 108 valence electrons. The van der Waals surface area contributed by atoms with Crippen molar-refractivity contribution in [1.29, 1.82) is 0 Å². The van der Waals surface area contributed by atoms with Crippen molar-refractivity contribution < 1.29 is 4.74 Å². The summed E-state index contributed by atoms with van der Waals surface area (Å²) in [5.74, 6) is 0.980. The summed E-state index contributed by atoms with van der Waals surface area (Å²) in [5.41, 5.74) is 2.35. The monoisotopic (exact) mass is 290 g/mol. The van der Waals surface area contributed by atoms with Gasteiger partial charge in [-0.2, -0.15) is 0 Å². The van der Waals surface area contributed by atoms with Crippen LogP contribution in [0.5, 0.6) is 5.75 Å². The molecule has 0 unspecified atom stereocenters. The smallest absolute Gasteiger partial charge is 0.140 e. The van der Waals surface area contributed by atoms with E-state index in [-0.39, 0.29) is 0 Å². The number of aryl methyl sites for hydroxylation is 2. The normalized spacial score (nSPS) is 10.8. The summed E-state index contributed by atoms with van der Waals surface area (Å²) in [6.45, 7) is 8.81. The Morgan fingerprint density at radius 1 is 1.25 bits per heavy atom. The Morgan fingerprint density at radius 3 is 2.70 bits per heavy atom. The minimum Gasteiger partial charge on any atom is -0.486 e. The number of thiazole rings is 1. The lowest BCUT2D eigenvalue weighted by molar-refractivity contribution is 0.301. The van der Waals surface area contributed by atoms with E-state index in [1.165, 1.54) is 16.0 Å². The highest BCUT2D eigenvalue weighted by molar-refractivity contribution is 7.11. The molecule has 0 spiro atoms. The van der Waals surface area contributed by atoms with Crippen LogP contribution in [0, 0.1) is 13.8 Å². The molecule has 3 nitrogen and oxygen atoms in total. The van der Waals surface area contributed by atoms with Crippen molar-refractivity contribution in [2.45, 2.75) is 40.3 Å². The molecule has 1 heterocycles. The number of benzene rings is 1. The first-order chi connectivity index (χ1) is 9.70. The summed E-state index contributed by atoms with van der Waals surface area (Å²) < 4.78 is 5.92. The molecule has 0 aliphatic heterocycles. The molecule has 1 aromatic heterocycles. The zero-order chi connectivity index (χ0) is 14.4. The summed E-state index contributed by atoms with van der Waals surface area (Å²) in [6.07, 6.45) is 3.10. The zero-order valence-corrected chi connectivity index (χ0v) is 13.2. The average molecular weight is 290 g/mol. The van der Waals surface area contributed by atoms with Gasteiger partial charge in [0.1, 0.15) is 17.4 Å². The van der Waals surface area contributed by atoms with Crippen LogP contribution in [-0.2, 0) is 13.2 Å². The molecule has 1 aromatic carbocycles. The number of nitrogens with one attached hydrogen (secondary N) is 1. The van der Waals surface area contributed by atoms with Gasteiger partial charge in [-0.3, -0.25) is 0 Å². The molecule has 0 saturated heterocycles. The van der Waals surface area contributed by atoms with Crippen LogP contribution in [-0.4, -0.2) is 11.5 Å². The topological polar surface area (TPSA) is 34.2 Å². The van der Waals surface area contributed by atoms with E-state index in [2.05, 4.69) is 49.3 Å². The van der Waals surface area contributed by atoms with E-state index in [0.717, 1.165) is 30.3 Å². The highest BCUT2D eigenvalue weighted by atomic mass is 32.1. The van der Waals surface area contributed by atoms with Crippen molar-refractivity contribution in [3.8, 4) is 5.75 Å². The SMILES string of the molecule is CCCNCc1cnc(COc2c(C)cccc2C)s1. The van der Waals surface area contributed by atoms with E-state index < -0.39 is 0 Å². The predicted molar refractivity (Wildman–Crippen MR) is 84.4 cm³/mol. The summed E-state index contributed by atoms with van der Waals surface area (Å²) in [7, 11) is 0. The third kappa shape index (κ3) is 4.05.